The maximum Gasteiger partial charge on any atom is 0.122 e. The predicted octanol–water partition coefficient (Wildman–Crippen LogP) is 2.50. The average Bonchev–Trinajstić information content (AvgIpc) is 2.73. The van der Waals surface area contributed by atoms with Gasteiger partial charge in [-0.25, -0.2) is 0 Å². The van der Waals surface area contributed by atoms with Crippen molar-refractivity contribution in [1.29, 1.82) is 0 Å². The third kappa shape index (κ3) is 3.46. The Morgan fingerprint density at radius 2 is 2.28 bits per heavy atom. The molecule has 0 radical (unpaired) electrons. The normalized spacial score (nSPS) is 19.7. The number of benzene rings is 1. The minimum Gasteiger partial charge on any atom is -0.493 e. The Morgan fingerprint density at radius 3 is 3.06 bits per heavy atom. The first-order valence-electron chi connectivity index (χ1n) is 6.24. The molecule has 0 aliphatic carbocycles. The van der Waals surface area contributed by atoms with Crippen LogP contribution in [-0.4, -0.2) is 50.2 Å². The maximum absolute atomic E-state index is 5.70. The molecular weight excluding hydrogens is 294 g/mol. The van der Waals surface area contributed by atoms with Crippen LogP contribution in [0, 0.1) is 0 Å². The molecule has 0 bridgehead atoms. The van der Waals surface area contributed by atoms with Gasteiger partial charge < -0.3 is 14.4 Å². The molecule has 2 atom stereocenters. The van der Waals surface area contributed by atoms with Crippen LogP contribution >= 0.6 is 15.9 Å². The zero-order valence-corrected chi connectivity index (χ0v) is 12.5. The monoisotopic (exact) mass is 313 g/mol. The number of para-hydroxylation sites is 1. The van der Waals surface area contributed by atoms with Crippen molar-refractivity contribution in [3.05, 3.63) is 29.8 Å². The second-order valence-electron chi connectivity index (χ2n) is 4.82. The molecule has 1 aliphatic rings. The van der Waals surface area contributed by atoms with Crippen LogP contribution < -0.4 is 4.74 Å². The van der Waals surface area contributed by atoms with Gasteiger partial charge in [-0.2, -0.15) is 0 Å². The lowest BCUT2D eigenvalue weighted by Gasteiger charge is -2.22. The Labute approximate surface area is 117 Å². The zero-order chi connectivity index (χ0) is 13.0. The first-order chi connectivity index (χ1) is 8.70. The molecule has 0 N–H and O–H groups in total. The van der Waals surface area contributed by atoms with E-state index in [0.29, 0.717) is 10.7 Å². The minimum absolute atomic E-state index is 0.380. The second-order valence-corrected chi connectivity index (χ2v) is 6.11. The van der Waals surface area contributed by atoms with E-state index in [4.69, 9.17) is 9.47 Å². The van der Waals surface area contributed by atoms with Gasteiger partial charge >= 0.3 is 0 Å². The van der Waals surface area contributed by atoms with Crippen molar-refractivity contribution in [2.45, 2.75) is 10.7 Å². The van der Waals surface area contributed by atoms with Crippen molar-refractivity contribution in [3.63, 3.8) is 0 Å². The van der Waals surface area contributed by atoms with Gasteiger partial charge in [-0.15, -0.1) is 0 Å². The third-order valence-electron chi connectivity index (χ3n) is 3.19. The quantitative estimate of drug-likeness (QED) is 0.753. The van der Waals surface area contributed by atoms with Crippen LogP contribution in [0.1, 0.15) is 11.5 Å². The van der Waals surface area contributed by atoms with Crippen molar-refractivity contribution >= 4 is 15.9 Å². The summed E-state index contributed by atoms with van der Waals surface area (Å²) in [5.41, 5.74) is 1.34. The largest absolute Gasteiger partial charge is 0.493 e. The van der Waals surface area contributed by atoms with Gasteiger partial charge in [0.15, 0.2) is 0 Å². The summed E-state index contributed by atoms with van der Waals surface area (Å²) < 4.78 is 10.8. The lowest BCUT2D eigenvalue weighted by molar-refractivity contribution is 0.182. The molecule has 18 heavy (non-hydrogen) atoms. The molecule has 1 aromatic carbocycles. The molecule has 2 rings (SSSR count). The molecule has 3 nitrogen and oxygen atoms in total. The Morgan fingerprint density at radius 1 is 1.50 bits per heavy atom. The van der Waals surface area contributed by atoms with Gasteiger partial charge in [0.25, 0.3) is 0 Å². The van der Waals surface area contributed by atoms with Gasteiger partial charge in [0.05, 0.1) is 18.0 Å². The molecular formula is C14H20BrNO2. The lowest BCUT2D eigenvalue weighted by atomic mass is 10.0. The minimum atomic E-state index is 0.380. The summed E-state index contributed by atoms with van der Waals surface area (Å²) in [5.74, 6) is 1.52. The molecule has 0 spiro atoms. The van der Waals surface area contributed by atoms with Crippen molar-refractivity contribution in [2.75, 3.05) is 40.5 Å². The van der Waals surface area contributed by atoms with E-state index >= 15 is 0 Å². The second kappa shape index (κ2) is 6.55. The predicted molar refractivity (Wildman–Crippen MR) is 76.8 cm³/mol. The van der Waals surface area contributed by atoms with Crippen LogP contribution in [0.5, 0.6) is 5.75 Å². The first-order valence-corrected chi connectivity index (χ1v) is 7.15. The van der Waals surface area contributed by atoms with Gasteiger partial charge in [0.1, 0.15) is 5.75 Å². The first kappa shape index (κ1) is 13.8. The van der Waals surface area contributed by atoms with E-state index in [9.17, 15) is 0 Å². The Bertz CT molecular complexity index is 386. The number of ether oxygens (including phenoxy) is 2. The van der Waals surface area contributed by atoms with Gasteiger partial charge in [-0.3, -0.25) is 0 Å². The van der Waals surface area contributed by atoms with Crippen molar-refractivity contribution in [2.24, 2.45) is 0 Å². The number of fused-ring (bicyclic) bond motifs is 1. The highest BCUT2D eigenvalue weighted by molar-refractivity contribution is 9.09. The van der Waals surface area contributed by atoms with Crippen molar-refractivity contribution in [3.8, 4) is 5.75 Å². The number of hydrogen-bond donors (Lipinski definition) is 0. The Balaban J connectivity index is 1.87. The molecule has 0 saturated carbocycles. The van der Waals surface area contributed by atoms with Crippen LogP contribution in [0.15, 0.2) is 24.3 Å². The fourth-order valence-electron chi connectivity index (χ4n) is 2.40. The topological polar surface area (TPSA) is 21.7 Å². The van der Waals surface area contributed by atoms with Crippen LogP contribution in [-0.2, 0) is 4.74 Å². The van der Waals surface area contributed by atoms with Crippen LogP contribution in [0.2, 0.25) is 0 Å². The number of methoxy groups -OCH3 is 1. The SMILES string of the molecule is COCC(Br)CN(C)CC1COc2ccccc21. The molecule has 1 aliphatic heterocycles. The van der Waals surface area contributed by atoms with Crippen LogP contribution in [0.25, 0.3) is 0 Å². The fourth-order valence-corrected chi connectivity index (χ4v) is 3.16. The summed E-state index contributed by atoms with van der Waals surface area (Å²) >= 11 is 3.62. The molecule has 0 amide bonds. The van der Waals surface area contributed by atoms with E-state index < -0.39 is 0 Å². The van der Waals surface area contributed by atoms with E-state index in [0.717, 1.165) is 32.1 Å². The Kier molecular flexibility index (Phi) is 5.03. The summed E-state index contributed by atoms with van der Waals surface area (Å²) in [4.78, 5) is 2.71. The lowest BCUT2D eigenvalue weighted by Crippen LogP contribution is -2.32. The molecule has 1 heterocycles. The highest BCUT2D eigenvalue weighted by Gasteiger charge is 2.25. The van der Waals surface area contributed by atoms with Crippen molar-refractivity contribution < 1.29 is 9.47 Å². The number of likely N-dealkylation sites (N-methyl/N-ethyl adjacent to an activating group) is 1. The van der Waals surface area contributed by atoms with Gasteiger partial charge in [-0.05, 0) is 13.1 Å². The highest BCUT2D eigenvalue weighted by Crippen LogP contribution is 2.33. The highest BCUT2D eigenvalue weighted by atomic mass is 79.9. The van der Waals surface area contributed by atoms with E-state index in [-0.39, 0.29) is 0 Å². The summed E-state index contributed by atoms with van der Waals surface area (Å²) in [6, 6.07) is 8.33. The molecule has 0 saturated heterocycles. The number of halogens is 1. The molecule has 4 heteroatoms. The molecule has 0 fully saturated rings. The smallest absolute Gasteiger partial charge is 0.122 e. The molecule has 100 valence electrons. The number of alkyl halides is 1. The molecule has 2 unspecified atom stereocenters. The van der Waals surface area contributed by atoms with E-state index in [1.807, 2.05) is 12.1 Å². The number of nitrogens with zero attached hydrogens (tertiary/aromatic N) is 1. The van der Waals surface area contributed by atoms with Gasteiger partial charge in [0.2, 0.25) is 0 Å². The van der Waals surface area contributed by atoms with Gasteiger partial charge in [0, 0.05) is 31.7 Å². The van der Waals surface area contributed by atoms with Crippen LogP contribution in [0.3, 0.4) is 0 Å². The summed E-state index contributed by atoms with van der Waals surface area (Å²) in [5, 5.41) is 0. The summed E-state index contributed by atoms with van der Waals surface area (Å²) in [6.07, 6.45) is 0. The molecule has 1 aromatic rings. The average molecular weight is 314 g/mol. The number of hydrogen-bond acceptors (Lipinski definition) is 3. The van der Waals surface area contributed by atoms with Crippen molar-refractivity contribution in [1.82, 2.24) is 4.90 Å². The third-order valence-corrected chi connectivity index (χ3v) is 3.74. The maximum atomic E-state index is 5.70. The summed E-state index contributed by atoms with van der Waals surface area (Å²) in [7, 11) is 3.88. The number of rotatable bonds is 6. The molecule has 0 aromatic heterocycles. The van der Waals surface area contributed by atoms with Crippen LogP contribution in [0.4, 0.5) is 0 Å². The summed E-state index contributed by atoms with van der Waals surface area (Å²) in [6.45, 7) is 3.53. The Hall–Kier alpha value is -0.580. The van der Waals surface area contributed by atoms with E-state index in [2.05, 4.69) is 40.0 Å². The zero-order valence-electron chi connectivity index (χ0n) is 10.9. The van der Waals surface area contributed by atoms with Gasteiger partial charge in [-0.1, -0.05) is 34.1 Å². The fraction of sp³-hybridized carbons (Fsp3) is 0.571. The standard InChI is InChI=1S/C14H20BrNO2/c1-16(8-12(15)10-17-2)7-11-9-18-14-6-4-3-5-13(11)14/h3-6,11-12H,7-10H2,1-2H3. The van der Waals surface area contributed by atoms with E-state index in [1.165, 1.54) is 5.56 Å². The van der Waals surface area contributed by atoms with E-state index in [1.54, 1.807) is 7.11 Å².